The van der Waals surface area contributed by atoms with Gasteiger partial charge in [-0.3, -0.25) is 9.59 Å². The Labute approximate surface area is 221 Å². The highest BCUT2D eigenvalue weighted by atomic mass is 19.1. The number of ketones is 1. The van der Waals surface area contributed by atoms with Crippen molar-refractivity contribution >= 4 is 17.4 Å². The van der Waals surface area contributed by atoms with Crippen LogP contribution in [-0.4, -0.2) is 46.6 Å². The van der Waals surface area contributed by atoms with E-state index in [-0.39, 0.29) is 17.7 Å². The number of benzene rings is 3. The van der Waals surface area contributed by atoms with Gasteiger partial charge in [-0.05, 0) is 60.9 Å². The van der Waals surface area contributed by atoms with Crippen LogP contribution < -0.4 is 4.74 Å². The number of hydrazone groups is 1. The number of amides is 1. The van der Waals surface area contributed by atoms with Crippen LogP contribution in [0.15, 0.2) is 77.9 Å². The molecule has 194 valence electrons. The summed E-state index contributed by atoms with van der Waals surface area (Å²) >= 11 is 0. The molecular formula is C31H30FN3O3. The molecule has 2 atom stereocenters. The second-order valence-electron chi connectivity index (χ2n) is 10.3. The number of rotatable bonds is 5. The van der Waals surface area contributed by atoms with Crippen molar-refractivity contribution in [3.8, 4) is 5.75 Å². The van der Waals surface area contributed by atoms with Crippen molar-refractivity contribution < 1.29 is 18.7 Å². The maximum Gasteiger partial charge on any atom is 0.253 e. The first-order valence-corrected chi connectivity index (χ1v) is 13.3. The molecule has 2 heterocycles. The smallest absolute Gasteiger partial charge is 0.253 e. The Hall–Kier alpha value is -4.00. The van der Waals surface area contributed by atoms with Gasteiger partial charge in [-0.2, -0.15) is 5.10 Å². The van der Waals surface area contributed by atoms with Gasteiger partial charge in [-0.25, -0.2) is 9.40 Å². The average Bonchev–Trinajstić information content (AvgIpc) is 3.42. The molecule has 38 heavy (non-hydrogen) atoms. The van der Waals surface area contributed by atoms with Gasteiger partial charge in [0.2, 0.25) is 5.78 Å². The standard InChI is InChI=1S/C31H30FN3O3/c1-34(24-7-3-2-4-8-24)30(37)22-13-11-20(12-14-22)26-19-27-25-9-5-6-10-28(25)38-31(35(27)33-26)29(36)21-15-17-23(32)18-16-21/h5-6,9-18,24,27,31H,2-4,7-8,19H2,1H3. The van der Waals surface area contributed by atoms with Gasteiger partial charge >= 0.3 is 0 Å². The summed E-state index contributed by atoms with van der Waals surface area (Å²) in [7, 11) is 1.90. The number of para-hydroxylation sites is 1. The zero-order valence-corrected chi connectivity index (χ0v) is 21.3. The molecule has 1 fully saturated rings. The third-order valence-electron chi connectivity index (χ3n) is 7.96. The van der Waals surface area contributed by atoms with Crippen LogP contribution in [0.3, 0.4) is 0 Å². The number of hydrogen-bond acceptors (Lipinski definition) is 5. The Morgan fingerprint density at radius 2 is 1.61 bits per heavy atom. The summed E-state index contributed by atoms with van der Waals surface area (Å²) in [6.07, 6.45) is 5.38. The van der Waals surface area contributed by atoms with Crippen molar-refractivity contribution in [2.45, 2.75) is 56.8 Å². The van der Waals surface area contributed by atoms with Gasteiger partial charge in [-0.1, -0.05) is 49.6 Å². The van der Waals surface area contributed by atoms with E-state index < -0.39 is 12.0 Å². The van der Waals surface area contributed by atoms with Crippen molar-refractivity contribution in [3.05, 3.63) is 101 Å². The Balaban J connectivity index is 1.26. The van der Waals surface area contributed by atoms with Crippen LogP contribution in [0.1, 0.15) is 76.4 Å². The van der Waals surface area contributed by atoms with Crippen LogP contribution in [0.4, 0.5) is 4.39 Å². The Kier molecular flexibility index (Phi) is 6.44. The summed E-state index contributed by atoms with van der Waals surface area (Å²) in [5.74, 6) is 0.0164. The Bertz CT molecular complexity index is 1380. The molecule has 3 aliphatic rings. The summed E-state index contributed by atoms with van der Waals surface area (Å²) < 4.78 is 19.6. The lowest BCUT2D eigenvalue weighted by atomic mass is 9.93. The van der Waals surface area contributed by atoms with Gasteiger partial charge in [0.1, 0.15) is 11.6 Å². The molecule has 0 saturated heterocycles. The van der Waals surface area contributed by atoms with Gasteiger partial charge in [0.15, 0.2) is 0 Å². The number of halogens is 1. The molecule has 0 radical (unpaired) electrons. The minimum atomic E-state index is -0.956. The number of carbonyl (C=O) groups excluding carboxylic acids is 2. The van der Waals surface area contributed by atoms with Crippen molar-refractivity contribution in [1.82, 2.24) is 9.91 Å². The predicted octanol–water partition coefficient (Wildman–Crippen LogP) is 5.98. The van der Waals surface area contributed by atoms with E-state index >= 15 is 0 Å². The van der Waals surface area contributed by atoms with Crippen LogP contribution in [-0.2, 0) is 0 Å². The van der Waals surface area contributed by atoms with Crippen molar-refractivity contribution in [1.29, 1.82) is 0 Å². The topological polar surface area (TPSA) is 62.2 Å². The third-order valence-corrected chi connectivity index (χ3v) is 7.96. The molecule has 1 saturated carbocycles. The molecule has 7 heteroatoms. The predicted molar refractivity (Wildman–Crippen MR) is 143 cm³/mol. The lowest BCUT2D eigenvalue weighted by molar-refractivity contribution is -0.00456. The van der Waals surface area contributed by atoms with E-state index in [4.69, 9.17) is 9.84 Å². The van der Waals surface area contributed by atoms with Crippen LogP contribution in [0.2, 0.25) is 0 Å². The van der Waals surface area contributed by atoms with Crippen LogP contribution in [0.5, 0.6) is 5.75 Å². The average molecular weight is 512 g/mol. The molecule has 0 spiro atoms. The number of Topliss-reactive ketones (excluding diaryl/α,β-unsaturated/α-hetero) is 1. The normalized spacial score (nSPS) is 20.7. The lowest BCUT2D eigenvalue weighted by Crippen LogP contribution is -2.45. The van der Waals surface area contributed by atoms with Crippen LogP contribution in [0.25, 0.3) is 0 Å². The zero-order chi connectivity index (χ0) is 26.2. The van der Waals surface area contributed by atoms with Gasteiger partial charge in [0.25, 0.3) is 12.1 Å². The van der Waals surface area contributed by atoms with Crippen molar-refractivity contribution in [2.24, 2.45) is 5.10 Å². The number of carbonyl (C=O) groups is 2. The summed E-state index contributed by atoms with van der Waals surface area (Å²) in [5.41, 5.74) is 3.73. The van der Waals surface area contributed by atoms with E-state index in [9.17, 15) is 14.0 Å². The van der Waals surface area contributed by atoms with Gasteiger partial charge in [0.05, 0.1) is 11.8 Å². The summed E-state index contributed by atoms with van der Waals surface area (Å²) in [6, 6.07) is 20.9. The number of nitrogens with zero attached hydrogens (tertiary/aromatic N) is 3. The van der Waals surface area contributed by atoms with Gasteiger partial charge in [-0.15, -0.1) is 0 Å². The Morgan fingerprint density at radius 3 is 2.34 bits per heavy atom. The van der Waals surface area contributed by atoms with Crippen LogP contribution in [0, 0.1) is 5.82 Å². The molecule has 2 unspecified atom stereocenters. The van der Waals surface area contributed by atoms with E-state index in [1.54, 1.807) is 5.01 Å². The molecule has 0 N–H and O–H groups in total. The maximum absolute atomic E-state index is 13.5. The SMILES string of the molecule is CN(C(=O)c1ccc(C2=NN3C(C(=O)c4ccc(F)cc4)Oc4ccccc4C3C2)cc1)C1CCCCC1. The molecule has 3 aromatic carbocycles. The van der Waals surface area contributed by atoms with Crippen LogP contribution >= 0.6 is 0 Å². The molecule has 6 nitrogen and oxygen atoms in total. The first-order valence-electron chi connectivity index (χ1n) is 13.3. The summed E-state index contributed by atoms with van der Waals surface area (Å²) in [4.78, 5) is 28.4. The molecule has 3 aromatic rings. The van der Waals surface area contributed by atoms with Gasteiger partial charge in [0, 0.05) is 36.2 Å². The quantitative estimate of drug-likeness (QED) is 0.395. The molecule has 2 aliphatic heterocycles. The number of fused-ring (bicyclic) bond motifs is 3. The van der Waals surface area contributed by atoms with E-state index in [0.29, 0.717) is 29.3 Å². The van der Waals surface area contributed by atoms with E-state index in [2.05, 4.69) is 0 Å². The third kappa shape index (κ3) is 4.46. The maximum atomic E-state index is 13.5. The van der Waals surface area contributed by atoms with E-state index in [0.717, 1.165) is 29.7 Å². The molecular weight excluding hydrogens is 481 g/mol. The highest BCUT2D eigenvalue weighted by molar-refractivity contribution is 6.04. The largest absolute Gasteiger partial charge is 0.461 e. The molecule has 0 aromatic heterocycles. The fourth-order valence-electron chi connectivity index (χ4n) is 5.78. The van der Waals surface area contributed by atoms with E-state index in [1.807, 2.05) is 60.5 Å². The second-order valence-corrected chi connectivity index (χ2v) is 10.3. The summed E-state index contributed by atoms with van der Waals surface area (Å²) in [5, 5.41) is 6.56. The minimum Gasteiger partial charge on any atom is -0.461 e. The molecule has 0 bridgehead atoms. The fourth-order valence-corrected chi connectivity index (χ4v) is 5.78. The minimum absolute atomic E-state index is 0.0431. The second kappa shape index (κ2) is 10.0. The first kappa shape index (κ1) is 24.3. The van der Waals surface area contributed by atoms with E-state index in [1.165, 1.54) is 43.5 Å². The fraction of sp³-hybridized carbons (Fsp3) is 0.323. The molecule has 1 amide bonds. The molecule has 1 aliphatic carbocycles. The number of hydrogen-bond donors (Lipinski definition) is 0. The highest BCUT2D eigenvalue weighted by Crippen LogP contribution is 2.43. The Morgan fingerprint density at radius 1 is 0.921 bits per heavy atom. The van der Waals surface area contributed by atoms with Gasteiger partial charge < -0.3 is 9.64 Å². The lowest BCUT2D eigenvalue weighted by Gasteiger charge is -2.37. The van der Waals surface area contributed by atoms with Crippen molar-refractivity contribution in [3.63, 3.8) is 0 Å². The summed E-state index contributed by atoms with van der Waals surface area (Å²) in [6.45, 7) is 0. The first-order chi connectivity index (χ1) is 18.5. The zero-order valence-electron chi connectivity index (χ0n) is 21.3. The highest BCUT2D eigenvalue weighted by Gasteiger charge is 2.43. The monoisotopic (exact) mass is 511 g/mol. The number of ether oxygens (including phenoxy) is 1. The van der Waals surface area contributed by atoms with Crippen molar-refractivity contribution in [2.75, 3.05) is 7.05 Å². The molecule has 6 rings (SSSR count).